The van der Waals surface area contributed by atoms with Gasteiger partial charge in [-0.05, 0) is 68.6 Å². The normalized spacial score (nSPS) is 45.0. The molecule has 1 fully saturated rings. The van der Waals surface area contributed by atoms with Crippen molar-refractivity contribution >= 4 is 5.97 Å². The van der Waals surface area contributed by atoms with Crippen LogP contribution in [-0.4, -0.2) is 11.1 Å². The molecule has 3 rings (SSSR count). The molecule has 122 valence electrons. The van der Waals surface area contributed by atoms with Crippen molar-refractivity contribution in [3.63, 3.8) is 0 Å². The van der Waals surface area contributed by atoms with Gasteiger partial charge in [-0.2, -0.15) is 0 Å². The SMILES string of the molecule is C=C[C@@]1(C)CCC2=C(CC[C@@H]3[C@](C)(C(=O)O)CCC[C@]23C)C1. The van der Waals surface area contributed by atoms with E-state index in [-0.39, 0.29) is 10.8 Å². The van der Waals surface area contributed by atoms with E-state index in [1.807, 2.05) is 6.92 Å². The number of carbonyl (C=O) groups is 1. The molecule has 0 aromatic rings. The fourth-order valence-electron chi connectivity index (χ4n) is 5.82. The fourth-order valence-corrected chi connectivity index (χ4v) is 5.82. The molecule has 1 saturated carbocycles. The minimum absolute atomic E-state index is 0.113. The Hall–Kier alpha value is -1.05. The molecule has 3 aliphatic carbocycles. The van der Waals surface area contributed by atoms with E-state index < -0.39 is 11.4 Å². The Morgan fingerprint density at radius 1 is 1.23 bits per heavy atom. The quantitative estimate of drug-likeness (QED) is 0.698. The van der Waals surface area contributed by atoms with Gasteiger partial charge in [0.1, 0.15) is 0 Å². The summed E-state index contributed by atoms with van der Waals surface area (Å²) in [5, 5.41) is 9.84. The van der Waals surface area contributed by atoms with Crippen molar-refractivity contribution in [1.29, 1.82) is 0 Å². The van der Waals surface area contributed by atoms with Crippen LogP contribution in [-0.2, 0) is 4.79 Å². The summed E-state index contributed by atoms with van der Waals surface area (Å²) in [6.45, 7) is 10.7. The number of hydrogen-bond acceptors (Lipinski definition) is 1. The molecule has 0 aromatic carbocycles. The lowest BCUT2D eigenvalue weighted by Gasteiger charge is -2.56. The van der Waals surface area contributed by atoms with Crippen LogP contribution in [0.3, 0.4) is 0 Å². The van der Waals surface area contributed by atoms with E-state index in [1.54, 1.807) is 11.1 Å². The monoisotopic (exact) mass is 302 g/mol. The molecule has 3 aliphatic rings. The Balaban J connectivity index is 2.01. The highest BCUT2D eigenvalue weighted by atomic mass is 16.4. The Morgan fingerprint density at radius 2 is 1.95 bits per heavy atom. The Bertz CT molecular complexity index is 546. The molecular weight excluding hydrogens is 272 g/mol. The van der Waals surface area contributed by atoms with Gasteiger partial charge in [0.05, 0.1) is 5.41 Å². The number of allylic oxidation sites excluding steroid dienone is 3. The van der Waals surface area contributed by atoms with E-state index in [4.69, 9.17) is 0 Å². The molecule has 0 spiro atoms. The van der Waals surface area contributed by atoms with E-state index in [9.17, 15) is 9.90 Å². The average molecular weight is 302 g/mol. The fraction of sp³-hybridized carbons (Fsp3) is 0.750. The summed E-state index contributed by atoms with van der Waals surface area (Å²) in [6.07, 6.45) is 10.8. The predicted molar refractivity (Wildman–Crippen MR) is 89.6 cm³/mol. The van der Waals surface area contributed by atoms with Crippen molar-refractivity contribution in [1.82, 2.24) is 0 Å². The van der Waals surface area contributed by atoms with Gasteiger partial charge in [0.15, 0.2) is 0 Å². The molecular formula is C20H30O2. The van der Waals surface area contributed by atoms with Crippen molar-refractivity contribution in [2.45, 2.75) is 72.1 Å². The zero-order chi connectivity index (χ0) is 16.2. The molecule has 0 bridgehead atoms. The lowest BCUT2D eigenvalue weighted by Crippen LogP contribution is -2.51. The molecule has 2 heteroatoms. The van der Waals surface area contributed by atoms with Crippen molar-refractivity contribution in [2.75, 3.05) is 0 Å². The van der Waals surface area contributed by atoms with Gasteiger partial charge in [-0.15, -0.1) is 6.58 Å². The number of carboxylic acids is 1. The van der Waals surface area contributed by atoms with Gasteiger partial charge >= 0.3 is 5.97 Å². The van der Waals surface area contributed by atoms with Crippen LogP contribution in [0.2, 0.25) is 0 Å². The number of hydrogen-bond donors (Lipinski definition) is 1. The Morgan fingerprint density at radius 3 is 2.59 bits per heavy atom. The van der Waals surface area contributed by atoms with Crippen LogP contribution >= 0.6 is 0 Å². The number of aliphatic carboxylic acids is 1. The van der Waals surface area contributed by atoms with Crippen LogP contribution in [0.5, 0.6) is 0 Å². The van der Waals surface area contributed by atoms with Crippen LogP contribution in [0, 0.1) is 22.2 Å². The molecule has 0 aromatic heterocycles. The number of carboxylic acid groups (broad SMARTS) is 1. The van der Waals surface area contributed by atoms with Crippen LogP contribution in [0.15, 0.2) is 23.8 Å². The van der Waals surface area contributed by atoms with E-state index in [0.29, 0.717) is 5.92 Å². The lowest BCUT2D eigenvalue weighted by molar-refractivity contribution is -0.159. The molecule has 0 amide bonds. The molecule has 0 radical (unpaired) electrons. The first-order valence-electron chi connectivity index (χ1n) is 8.84. The summed E-state index contributed by atoms with van der Waals surface area (Å²) in [7, 11) is 0. The first kappa shape index (κ1) is 15.8. The molecule has 0 saturated heterocycles. The van der Waals surface area contributed by atoms with Crippen molar-refractivity contribution < 1.29 is 9.90 Å². The average Bonchev–Trinajstić information content (AvgIpc) is 2.46. The molecule has 22 heavy (non-hydrogen) atoms. The molecule has 0 unspecified atom stereocenters. The third-order valence-corrected chi connectivity index (χ3v) is 7.33. The Labute approximate surface area is 134 Å². The van der Waals surface area contributed by atoms with Gasteiger partial charge in [-0.3, -0.25) is 4.79 Å². The molecule has 4 atom stereocenters. The zero-order valence-corrected chi connectivity index (χ0v) is 14.4. The van der Waals surface area contributed by atoms with Crippen LogP contribution < -0.4 is 0 Å². The molecule has 2 nitrogen and oxygen atoms in total. The number of fused-ring (bicyclic) bond motifs is 2. The largest absolute Gasteiger partial charge is 0.481 e. The second-order valence-corrected chi connectivity index (χ2v) is 8.70. The summed E-state index contributed by atoms with van der Waals surface area (Å²) in [4.78, 5) is 12.0. The summed E-state index contributed by atoms with van der Waals surface area (Å²) in [5.74, 6) is -0.280. The maximum atomic E-state index is 12.0. The van der Waals surface area contributed by atoms with Crippen molar-refractivity contribution in [2.24, 2.45) is 22.2 Å². The highest BCUT2D eigenvalue weighted by Gasteiger charge is 2.56. The minimum atomic E-state index is -0.584. The van der Waals surface area contributed by atoms with Crippen LogP contribution in [0.4, 0.5) is 0 Å². The highest BCUT2D eigenvalue weighted by Crippen LogP contribution is 2.63. The topological polar surface area (TPSA) is 37.3 Å². The van der Waals surface area contributed by atoms with Gasteiger partial charge in [-0.25, -0.2) is 0 Å². The standard InChI is InChI=1S/C20H30O2/c1-5-18(2)12-9-15-14(13-18)7-8-16-19(15,3)10-6-11-20(16,4)17(21)22/h5,16H,1,6-13H2,2-4H3,(H,21,22)/t16-,18-,19+,20+/m0/s1. The van der Waals surface area contributed by atoms with E-state index >= 15 is 0 Å². The van der Waals surface area contributed by atoms with Crippen LogP contribution in [0.1, 0.15) is 72.1 Å². The van der Waals surface area contributed by atoms with E-state index in [2.05, 4.69) is 26.5 Å². The second kappa shape index (κ2) is 4.97. The zero-order valence-electron chi connectivity index (χ0n) is 14.4. The first-order chi connectivity index (χ1) is 10.3. The van der Waals surface area contributed by atoms with Gasteiger partial charge in [0, 0.05) is 0 Å². The summed E-state index contributed by atoms with van der Waals surface area (Å²) >= 11 is 0. The summed E-state index contributed by atoms with van der Waals surface area (Å²) in [6, 6.07) is 0. The van der Waals surface area contributed by atoms with Crippen molar-refractivity contribution in [3.05, 3.63) is 23.8 Å². The Kier molecular flexibility index (Phi) is 3.58. The summed E-state index contributed by atoms with van der Waals surface area (Å²) < 4.78 is 0. The maximum absolute atomic E-state index is 12.0. The molecule has 0 heterocycles. The van der Waals surface area contributed by atoms with Gasteiger partial charge in [-0.1, -0.05) is 37.5 Å². The van der Waals surface area contributed by atoms with E-state index in [0.717, 1.165) is 38.5 Å². The summed E-state index contributed by atoms with van der Waals surface area (Å²) in [5.41, 5.74) is 3.07. The predicted octanol–water partition coefficient (Wildman–Crippen LogP) is 5.35. The smallest absolute Gasteiger partial charge is 0.309 e. The highest BCUT2D eigenvalue weighted by molar-refractivity contribution is 5.75. The maximum Gasteiger partial charge on any atom is 0.309 e. The molecule has 1 N–H and O–H groups in total. The third kappa shape index (κ3) is 2.10. The third-order valence-electron chi connectivity index (χ3n) is 7.33. The van der Waals surface area contributed by atoms with Crippen molar-refractivity contribution in [3.8, 4) is 0 Å². The van der Waals surface area contributed by atoms with Gasteiger partial charge in [0.2, 0.25) is 0 Å². The number of rotatable bonds is 2. The van der Waals surface area contributed by atoms with Gasteiger partial charge < -0.3 is 5.11 Å². The first-order valence-corrected chi connectivity index (χ1v) is 8.84. The molecule has 0 aliphatic heterocycles. The second-order valence-electron chi connectivity index (χ2n) is 8.70. The van der Waals surface area contributed by atoms with E-state index in [1.165, 1.54) is 12.8 Å². The van der Waals surface area contributed by atoms with Crippen LogP contribution in [0.25, 0.3) is 0 Å². The van der Waals surface area contributed by atoms with Gasteiger partial charge in [0.25, 0.3) is 0 Å². The minimum Gasteiger partial charge on any atom is -0.481 e. The lowest BCUT2D eigenvalue weighted by atomic mass is 9.47.